The molecule has 0 radical (unpaired) electrons. The summed E-state index contributed by atoms with van der Waals surface area (Å²) in [5, 5.41) is 4.51. The highest BCUT2D eigenvalue weighted by molar-refractivity contribution is 7.71. The lowest BCUT2D eigenvalue weighted by atomic mass is 10.1. The number of hydrogen-bond acceptors (Lipinski definition) is 4. The normalized spacial score (nSPS) is 18.9. The van der Waals surface area contributed by atoms with Gasteiger partial charge in [0.15, 0.2) is 4.77 Å². The van der Waals surface area contributed by atoms with Crippen LogP contribution in [0.4, 0.5) is 4.39 Å². The Labute approximate surface area is 169 Å². The molecular weight excluding hydrogens is 375 g/mol. The number of benzene rings is 2. The number of ether oxygens (including phenoxy) is 1. The quantitative estimate of drug-likeness (QED) is 0.604. The molecule has 28 heavy (non-hydrogen) atoms. The molecule has 0 amide bonds. The van der Waals surface area contributed by atoms with E-state index in [0.717, 1.165) is 12.1 Å². The summed E-state index contributed by atoms with van der Waals surface area (Å²) >= 11 is 5.67. The zero-order chi connectivity index (χ0) is 19.5. The van der Waals surface area contributed by atoms with Gasteiger partial charge in [-0.3, -0.25) is 9.47 Å². The minimum absolute atomic E-state index is 0.0751. The van der Waals surface area contributed by atoms with Crippen LogP contribution in [0.15, 0.2) is 60.9 Å². The molecule has 1 aliphatic rings. The lowest BCUT2D eigenvalue weighted by Crippen LogP contribution is -2.39. The highest BCUT2D eigenvalue weighted by Gasteiger charge is 2.23. The van der Waals surface area contributed by atoms with Crippen molar-refractivity contribution in [2.45, 2.75) is 25.7 Å². The molecule has 0 aliphatic carbocycles. The lowest BCUT2D eigenvalue weighted by molar-refractivity contribution is -0.0419. The molecule has 0 spiro atoms. The molecule has 1 fully saturated rings. The van der Waals surface area contributed by atoms with E-state index in [1.165, 1.54) is 17.7 Å². The van der Waals surface area contributed by atoms with Gasteiger partial charge in [0.25, 0.3) is 0 Å². The van der Waals surface area contributed by atoms with Crippen molar-refractivity contribution in [3.8, 4) is 0 Å². The van der Waals surface area contributed by atoms with Crippen LogP contribution in [0.3, 0.4) is 0 Å². The number of aromatic nitrogens is 3. The van der Waals surface area contributed by atoms with E-state index in [1.807, 2.05) is 27.4 Å². The van der Waals surface area contributed by atoms with Crippen LogP contribution in [0.5, 0.6) is 0 Å². The molecule has 2 atom stereocenters. The number of morpholine rings is 1. The van der Waals surface area contributed by atoms with Gasteiger partial charge in [0.1, 0.15) is 12.1 Å². The van der Waals surface area contributed by atoms with Crippen molar-refractivity contribution in [3.63, 3.8) is 0 Å². The van der Waals surface area contributed by atoms with Crippen molar-refractivity contribution < 1.29 is 9.13 Å². The van der Waals surface area contributed by atoms with Crippen molar-refractivity contribution in [1.29, 1.82) is 0 Å². The molecule has 1 aromatic heterocycles. The van der Waals surface area contributed by atoms with Gasteiger partial charge in [-0.05, 0) is 42.4 Å². The Morgan fingerprint density at radius 1 is 1.18 bits per heavy atom. The average molecular weight is 399 g/mol. The second-order valence-corrected chi connectivity index (χ2v) is 7.40. The van der Waals surface area contributed by atoms with Crippen LogP contribution in [0.25, 0.3) is 0 Å². The maximum atomic E-state index is 13.2. The Hall–Kier alpha value is -2.35. The number of rotatable bonds is 5. The zero-order valence-corrected chi connectivity index (χ0v) is 16.6. The van der Waals surface area contributed by atoms with Gasteiger partial charge in [-0.25, -0.2) is 9.07 Å². The molecule has 0 N–H and O–H groups in total. The summed E-state index contributed by atoms with van der Waals surface area (Å²) in [6, 6.07) is 16.9. The van der Waals surface area contributed by atoms with E-state index in [4.69, 9.17) is 17.0 Å². The maximum absolute atomic E-state index is 13.2. The summed E-state index contributed by atoms with van der Waals surface area (Å²) in [6.45, 7) is 4.87. The molecule has 2 aromatic carbocycles. The summed E-state index contributed by atoms with van der Waals surface area (Å²) in [6.07, 6.45) is 1.73. The minimum Gasteiger partial charge on any atom is -0.371 e. The number of hydrogen-bond donors (Lipinski definition) is 0. The van der Waals surface area contributed by atoms with E-state index in [-0.39, 0.29) is 18.0 Å². The molecule has 0 bridgehead atoms. The first-order valence-electron chi connectivity index (χ1n) is 9.40. The van der Waals surface area contributed by atoms with E-state index in [9.17, 15) is 4.39 Å². The highest BCUT2D eigenvalue weighted by Crippen LogP contribution is 2.23. The van der Waals surface area contributed by atoms with E-state index in [0.29, 0.717) is 24.6 Å². The summed E-state index contributed by atoms with van der Waals surface area (Å²) in [5.41, 5.74) is 2.18. The monoisotopic (exact) mass is 398 g/mol. The van der Waals surface area contributed by atoms with Crippen molar-refractivity contribution >= 4 is 12.2 Å². The van der Waals surface area contributed by atoms with Gasteiger partial charge in [0, 0.05) is 13.1 Å². The SMILES string of the molecule is C[C@@H](c1ccccc1)n1cnn(CN2CCO[C@@H](c3ccc(F)cc3)C2)c1=S. The summed E-state index contributed by atoms with van der Waals surface area (Å²) in [7, 11) is 0. The average Bonchev–Trinajstić information content (AvgIpc) is 3.09. The Morgan fingerprint density at radius 3 is 2.68 bits per heavy atom. The first-order chi connectivity index (χ1) is 13.6. The van der Waals surface area contributed by atoms with Gasteiger partial charge >= 0.3 is 0 Å². The van der Waals surface area contributed by atoms with E-state index >= 15 is 0 Å². The Kier molecular flexibility index (Phi) is 5.66. The number of nitrogens with zero attached hydrogens (tertiary/aromatic N) is 4. The van der Waals surface area contributed by atoms with Crippen LogP contribution < -0.4 is 0 Å². The molecule has 0 unspecified atom stereocenters. The van der Waals surface area contributed by atoms with Crippen molar-refractivity contribution in [2.24, 2.45) is 0 Å². The zero-order valence-electron chi connectivity index (χ0n) is 15.7. The Bertz CT molecular complexity index is 970. The summed E-state index contributed by atoms with van der Waals surface area (Å²) in [5.74, 6) is -0.235. The van der Waals surface area contributed by atoms with Crippen LogP contribution in [0, 0.1) is 10.6 Å². The van der Waals surface area contributed by atoms with Crippen molar-refractivity contribution in [2.75, 3.05) is 19.7 Å². The van der Waals surface area contributed by atoms with E-state index in [1.54, 1.807) is 18.5 Å². The van der Waals surface area contributed by atoms with Gasteiger partial charge in [0.2, 0.25) is 0 Å². The predicted octanol–water partition coefficient (Wildman–Crippen LogP) is 4.19. The maximum Gasteiger partial charge on any atom is 0.199 e. The first-order valence-corrected chi connectivity index (χ1v) is 9.81. The molecule has 0 saturated carbocycles. The van der Waals surface area contributed by atoms with Crippen LogP contribution in [0.1, 0.15) is 30.2 Å². The van der Waals surface area contributed by atoms with E-state index < -0.39 is 0 Å². The van der Waals surface area contributed by atoms with Gasteiger partial charge in [0.05, 0.1) is 25.4 Å². The first kappa shape index (κ1) is 19.0. The smallest absolute Gasteiger partial charge is 0.199 e. The van der Waals surface area contributed by atoms with Crippen molar-refractivity contribution in [3.05, 3.63) is 82.6 Å². The molecule has 2 heterocycles. The molecule has 146 valence electrons. The fourth-order valence-corrected chi connectivity index (χ4v) is 3.81. The Morgan fingerprint density at radius 2 is 1.93 bits per heavy atom. The van der Waals surface area contributed by atoms with Gasteiger partial charge in [-0.2, -0.15) is 5.10 Å². The van der Waals surface area contributed by atoms with Gasteiger partial charge in [-0.15, -0.1) is 0 Å². The topological polar surface area (TPSA) is 35.2 Å². The largest absolute Gasteiger partial charge is 0.371 e. The molecule has 7 heteroatoms. The molecular formula is C21H23FN4OS. The third kappa shape index (κ3) is 4.06. The second-order valence-electron chi connectivity index (χ2n) is 7.04. The van der Waals surface area contributed by atoms with Gasteiger partial charge in [-0.1, -0.05) is 42.5 Å². The number of halogens is 1. The molecule has 5 nitrogen and oxygen atoms in total. The molecule has 1 aliphatic heterocycles. The highest BCUT2D eigenvalue weighted by atomic mass is 32.1. The second kappa shape index (κ2) is 8.34. The van der Waals surface area contributed by atoms with Gasteiger partial charge < -0.3 is 4.74 Å². The predicted molar refractivity (Wildman–Crippen MR) is 108 cm³/mol. The summed E-state index contributed by atoms with van der Waals surface area (Å²) < 4.78 is 23.6. The standard InChI is InChI=1S/C21H23FN4OS/c1-16(17-5-3-2-4-6-17)25-14-23-26(21(25)28)15-24-11-12-27-20(13-24)18-7-9-19(22)10-8-18/h2-10,14,16,20H,11-13,15H2,1H3/t16-,20+/m0/s1. The minimum atomic E-state index is -0.235. The molecule has 1 saturated heterocycles. The fraction of sp³-hybridized carbons (Fsp3) is 0.333. The third-order valence-electron chi connectivity index (χ3n) is 5.18. The van der Waals surface area contributed by atoms with Crippen LogP contribution in [-0.2, 0) is 11.4 Å². The lowest BCUT2D eigenvalue weighted by Gasteiger charge is -2.32. The van der Waals surface area contributed by atoms with Crippen molar-refractivity contribution in [1.82, 2.24) is 19.2 Å². The Balaban J connectivity index is 1.46. The third-order valence-corrected chi connectivity index (χ3v) is 5.60. The van der Waals surface area contributed by atoms with Crippen LogP contribution in [-0.4, -0.2) is 38.9 Å². The molecule has 3 aromatic rings. The fourth-order valence-electron chi connectivity index (χ4n) is 3.50. The summed E-state index contributed by atoms with van der Waals surface area (Å²) in [4.78, 5) is 2.26. The van der Waals surface area contributed by atoms with Crippen LogP contribution in [0.2, 0.25) is 0 Å². The molecule has 4 rings (SSSR count). The van der Waals surface area contributed by atoms with Crippen LogP contribution >= 0.6 is 12.2 Å². The van der Waals surface area contributed by atoms with E-state index in [2.05, 4.69) is 29.1 Å².